The predicted molar refractivity (Wildman–Crippen MR) is 38.5 cm³/mol. The van der Waals surface area contributed by atoms with Gasteiger partial charge in [0.2, 0.25) is 0 Å². The van der Waals surface area contributed by atoms with Crippen LogP contribution in [-0.2, 0) is 14.3 Å². The van der Waals surface area contributed by atoms with Gasteiger partial charge in [-0.3, -0.25) is 9.59 Å². The van der Waals surface area contributed by atoms with E-state index in [4.69, 9.17) is 5.11 Å². The minimum absolute atomic E-state index is 0. The summed E-state index contributed by atoms with van der Waals surface area (Å²) in [5.41, 5.74) is 0. The molecule has 0 saturated carbocycles. The van der Waals surface area contributed by atoms with Crippen LogP contribution >= 0.6 is 0 Å². The van der Waals surface area contributed by atoms with E-state index in [1.54, 1.807) is 0 Å². The van der Waals surface area contributed by atoms with Gasteiger partial charge >= 0.3 is 11.9 Å². The van der Waals surface area contributed by atoms with Crippen molar-refractivity contribution in [1.82, 2.24) is 6.15 Å². The summed E-state index contributed by atoms with van der Waals surface area (Å²) in [5.74, 6) is -1.24. The third-order valence-electron chi connectivity index (χ3n) is 0.840. The molecule has 0 aliphatic heterocycles. The van der Waals surface area contributed by atoms with Crippen LogP contribution in [-0.4, -0.2) is 23.7 Å². The molecule has 0 aromatic carbocycles. The zero-order chi connectivity index (χ0) is 7.98. The lowest BCUT2D eigenvalue weighted by atomic mass is 10.3. The Hall–Kier alpha value is -1.10. The fourth-order valence-electron chi connectivity index (χ4n) is 0.439. The van der Waals surface area contributed by atoms with Gasteiger partial charge in [0.1, 0.15) is 0 Å². The van der Waals surface area contributed by atoms with Gasteiger partial charge in [-0.1, -0.05) is 0 Å². The maximum atomic E-state index is 10.1. The van der Waals surface area contributed by atoms with Gasteiger partial charge in [-0.05, 0) is 6.42 Å². The predicted octanol–water partition coefficient (Wildman–Crippen LogP) is 0.576. The van der Waals surface area contributed by atoms with E-state index in [9.17, 15) is 9.59 Å². The summed E-state index contributed by atoms with van der Waals surface area (Å²) < 4.78 is 4.49. The first-order valence-corrected chi connectivity index (χ1v) is 2.98. The normalized spacial score (nSPS) is 8.09. The van der Waals surface area contributed by atoms with Crippen LogP contribution in [0.5, 0.6) is 0 Å². The van der Waals surface area contributed by atoms with E-state index in [0.717, 1.165) is 0 Å². The lowest BCUT2D eigenvalue weighted by molar-refractivity contribution is -0.143. The second-order valence-corrected chi connectivity index (χ2v) is 1.84. The maximum absolute atomic E-state index is 10.1. The fourth-order valence-corrected chi connectivity index (χ4v) is 0.439. The van der Waals surface area contributed by atoms with Crippen molar-refractivity contribution in [3.8, 4) is 0 Å². The average molecular weight is 163 g/mol. The minimum Gasteiger partial charge on any atom is -0.481 e. The minimum atomic E-state index is -0.868. The maximum Gasteiger partial charge on any atom is 0.303 e. The number of hydrogen-bond donors (Lipinski definition) is 2. The molecule has 11 heavy (non-hydrogen) atoms. The molecular formula is C6H13NO4. The molecule has 0 atom stereocenters. The molecule has 0 amide bonds. The van der Waals surface area contributed by atoms with E-state index < -0.39 is 5.97 Å². The van der Waals surface area contributed by atoms with Gasteiger partial charge in [0, 0.05) is 13.3 Å². The van der Waals surface area contributed by atoms with Gasteiger partial charge in [0.25, 0.3) is 0 Å². The van der Waals surface area contributed by atoms with Crippen LogP contribution in [0.3, 0.4) is 0 Å². The summed E-state index contributed by atoms with van der Waals surface area (Å²) in [7, 11) is 0. The number of carboxylic acids is 1. The zero-order valence-corrected chi connectivity index (χ0v) is 6.50. The highest BCUT2D eigenvalue weighted by Crippen LogP contribution is 1.89. The molecular weight excluding hydrogens is 150 g/mol. The van der Waals surface area contributed by atoms with Crippen molar-refractivity contribution >= 4 is 11.9 Å². The van der Waals surface area contributed by atoms with Crippen molar-refractivity contribution in [3.63, 3.8) is 0 Å². The summed E-state index contributed by atoms with van der Waals surface area (Å²) in [6.45, 7) is 1.49. The van der Waals surface area contributed by atoms with Crippen LogP contribution in [0.1, 0.15) is 19.8 Å². The van der Waals surface area contributed by atoms with E-state index in [1.807, 2.05) is 0 Å². The number of rotatable bonds is 4. The van der Waals surface area contributed by atoms with E-state index in [2.05, 4.69) is 4.74 Å². The molecule has 0 aromatic rings. The van der Waals surface area contributed by atoms with Crippen molar-refractivity contribution in [2.45, 2.75) is 19.8 Å². The molecule has 0 rings (SSSR count). The number of hydrogen-bond acceptors (Lipinski definition) is 4. The number of carbonyl (C=O) groups is 2. The Balaban J connectivity index is 0. The number of carbonyl (C=O) groups excluding carboxylic acids is 1. The Bertz CT molecular complexity index is 119. The van der Waals surface area contributed by atoms with Crippen molar-refractivity contribution < 1.29 is 19.4 Å². The fraction of sp³-hybridized carbons (Fsp3) is 0.667. The van der Waals surface area contributed by atoms with Gasteiger partial charge in [-0.2, -0.15) is 0 Å². The van der Waals surface area contributed by atoms with Gasteiger partial charge in [-0.25, -0.2) is 0 Å². The molecule has 0 saturated heterocycles. The Labute approximate surface area is 64.9 Å². The van der Waals surface area contributed by atoms with Crippen molar-refractivity contribution in [1.29, 1.82) is 0 Å². The summed E-state index contributed by atoms with van der Waals surface area (Å²) in [4.78, 5) is 20.0. The lowest BCUT2D eigenvalue weighted by Gasteiger charge is -1.97. The van der Waals surface area contributed by atoms with Crippen LogP contribution in [0.25, 0.3) is 0 Å². The van der Waals surface area contributed by atoms with Crippen LogP contribution in [0.4, 0.5) is 0 Å². The topological polar surface area (TPSA) is 98.6 Å². The summed E-state index contributed by atoms with van der Waals surface area (Å²) in [6.07, 6.45) is 0.433. The zero-order valence-electron chi connectivity index (χ0n) is 6.50. The lowest BCUT2D eigenvalue weighted by Crippen LogP contribution is -2.03. The molecule has 0 aliphatic carbocycles. The van der Waals surface area contributed by atoms with Crippen LogP contribution in [0, 0.1) is 0 Å². The molecule has 0 heterocycles. The molecule has 4 N–H and O–H groups in total. The highest BCUT2D eigenvalue weighted by molar-refractivity contribution is 5.67. The first-order chi connectivity index (χ1) is 4.63. The van der Waals surface area contributed by atoms with Gasteiger partial charge in [0.15, 0.2) is 0 Å². The second-order valence-electron chi connectivity index (χ2n) is 1.84. The molecule has 0 fully saturated rings. The van der Waals surface area contributed by atoms with Crippen LogP contribution in [0.2, 0.25) is 0 Å². The summed E-state index contributed by atoms with van der Waals surface area (Å²) in [5, 5.41) is 8.14. The van der Waals surface area contributed by atoms with Gasteiger partial charge in [0.05, 0.1) is 6.61 Å². The molecule has 5 nitrogen and oxygen atoms in total. The van der Waals surface area contributed by atoms with E-state index in [0.29, 0.717) is 6.42 Å². The third kappa shape index (κ3) is 12.2. The van der Waals surface area contributed by atoms with Gasteiger partial charge in [-0.15, -0.1) is 0 Å². The highest BCUT2D eigenvalue weighted by Gasteiger charge is 1.97. The first kappa shape index (κ1) is 12.6. The number of esters is 1. The van der Waals surface area contributed by atoms with E-state index in [1.165, 1.54) is 6.92 Å². The summed E-state index contributed by atoms with van der Waals surface area (Å²) in [6, 6.07) is 0. The summed E-state index contributed by atoms with van der Waals surface area (Å²) >= 11 is 0. The number of aliphatic carboxylic acids is 1. The molecule has 66 valence electrons. The standard InChI is InChI=1S/C6H10O4.H3N/c1-5(7)10-4-2-3-6(8)9;/h2-4H2,1H3,(H,8,9);1H3. The number of ether oxygens (including phenoxy) is 1. The highest BCUT2D eigenvalue weighted by atomic mass is 16.5. The molecule has 0 aromatic heterocycles. The quantitative estimate of drug-likeness (QED) is 0.466. The van der Waals surface area contributed by atoms with Crippen LogP contribution < -0.4 is 6.15 Å². The van der Waals surface area contributed by atoms with Crippen LogP contribution in [0.15, 0.2) is 0 Å². The molecule has 0 radical (unpaired) electrons. The smallest absolute Gasteiger partial charge is 0.303 e. The molecule has 5 heteroatoms. The Morgan fingerprint density at radius 3 is 2.36 bits per heavy atom. The molecule has 0 bridgehead atoms. The van der Waals surface area contributed by atoms with Gasteiger partial charge < -0.3 is 16.0 Å². The van der Waals surface area contributed by atoms with Crippen molar-refractivity contribution in [3.05, 3.63) is 0 Å². The first-order valence-electron chi connectivity index (χ1n) is 2.98. The third-order valence-corrected chi connectivity index (χ3v) is 0.840. The Morgan fingerprint density at radius 2 is 2.00 bits per heavy atom. The van der Waals surface area contributed by atoms with Crippen molar-refractivity contribution in [2.75, 3.05) is 6.61 Å². The molecule has 0 aliphatic rings. The van der Waals surface area contributed by atoms with E-state index >= 15 is 0 Å². The SMILES string of the molecule is CC(=O)OCCCC(=O)O.N. The molecule has 0 spiro atoms. The van der Waals surface area contributed by atoms with E-state index in [-0.39, 0.29) is 25.1 Å². The molecule has 0 unspecified atom stereocenters. The van der Waals surface area contributed by atoms with Crippen molar-refractivity contribution in [2.24, 2.45) is 0 Å². The average Bonchev–Trinajstić information content (AvgIpc) is 1.79. The largest absolute Gasteiger partial charge is 0.481 e. The number of carboxylic acid groups (broad SMARTS) is 1. The second kappa shape index (κ2) is 7.01. The monoisotopic (exact) mass is 163 g/mol. The Morgan fingerprint density at radius 1 is 1.45 bits per heavy atom. The Kier molecular flexibility index (Phi) is 8.01.